The molecule has 1 aliphatic heterocycles. The second kappa shape index (κ2) is 4.62. The summed E-state index contributed by atoms with van der Waals surface area (Å²) in [7, 11) is 2.20. The van der Waals surface area contributed by atoms with Gasteiger partial charge >= 0.3 is 0 Å². The predicted molar refractivity (Wildman–Crippen MR) is 72.4 cm³/mol. The minimum absolute atomic E-state index is 0.0803. The van der Waals surface area contributed by atoms with Gasteiger partial charge in [0.1, 0.15) is 11.3 Å². The van der Waals surface area contributed by atoms with Gasteiger partial charge in [0.05, 0.1) is 6.26 Å². The van der Waals surface area contributed by atoms with Crippen molar-refractivity contribution in [2.45, 2.75) is 24.8 Å². The van der Waals surface area contributed by atoms with Crippen molar-refractivity contribution in [2.75, 3.05) is 13.6 Å². The van der Waals surface area contributed by atoms with Crippen LogP contribution in [0.3, 0.4) is 0 Å². The Balaban J connectivity index is 2.14. The van der Waals surface area contributed by atoms with Crippen LogP contribution < -0.4 is 0 Å². The van der Waals surface area contributed by atoms with E-state index in [1.165, 1.54) is 18.4 Å². The van der Waals surface area contributed by atoms with Gasteiger partial charge in [0, 0.05) is 0 Å². The summed E-state index contributed by atoms with van der Waals surface area (Å²) in [6, 6.07) is 14.8. The smallest absolute Gasteiger partial charge is 0.128 e. The number of furan rings is 1. The molecule has 1 aromatic heterocycles. The summed E-state index contributed by atoms with van der Waals surface area (Å²) in [5.41, 5.74) is 1.25. The molecule has 2 heteroatoms. The number of nitrogens with zero attached hydrogens (tertiary/aromatic N) is 1. The van der Waals surface area contributed by atoms with Gasteiger partial charge in [-0.05, 0) is 50.6 Å². The molecule has 2 aromatic rings. The van der Waals surface area contributed by atoms with E-state index in [4.69, 9.17) is 4.42 Å². The Morgan fingerprint density at radius 1 is 1.06 bits per heavy atom. The van der Waals surface area contributed by atoms with E-state index in [0.717, 1.165) is 18.7 Å². The lowest BCUT2D eigenvalue weighted by Crippen LogP contribution is -2.47. The monoisotopic (exact) mass is 241 g/mol. The molecule has 0 spiro atoms. The fraction of sp³-hybridized carbons (Fsp3) is 0.375. The van der Waals surface area contributed by atoms with Crippen molar-refractivity contribution in [1.82, 2.24) is 4.90 Å². The molecule has 0 amide bonds. The van der Waals surface area contributed by atoms with Crippen molar-refractivity contribution in [2.24, 2.45) is 0 Å². The summed E-state index contributed by atoms with van der Waals surface area (Å²) in [5.74, 6) is 1.07. The van der Waals surface area contributed by atoms with Crippen LogP contribution in [0.15, 0.2) is 53.1 Å². The van der Waals surface area contributed by atoms with Gasteiger partial charge in [-0.2, -0.15) is 0 Å². The zero-order valence-corrected chi connectivity index (χ0v) is 10.8. The van der Waals surface area contributed by atoms with E-state index in [2.05, 4.69) is 48.3 Å². The zero-order valence-electron chi connectivity index (χ0n) is 10.8. The summed E-state index contributed by atoms with van der Waals surface area (Å²) in [6.07, 6.45) is 5.43. The molecule has 94 valence electrons. The van der Waals surface area contributed by atoms with E-state index in [0.29, 0.717) is 0 Å². The normalized spacial score (nSPS) is 25.2. The van der Waals surface area contributed by atoms with E-state index in [-0.39, 0.29) is 5.54 Å². The summed E-state index contributed by atoms with van der Waals surface area (Å²) in [5, 5.41) is 0. The minimum Gasteiger partial charge on any atom is -0.467 e. The predicted octanol–water partition coefficient (Wildman–Crippen LogP) is 3.64. The highest BCUT2D eigenvalue weighted by Crippen LogP contribution is 2.42. The molecule has 2 heterocycles. The van der Waals surface area contributed by atoms with Crippen molar-refractivity contribution >= 4 is 0 Å². The van der Waals surface area contributed by atoms with E-state index < -0.39 is 0 Å². The van der Waals surface area contributed by atoms with Crippen LogP contribution in [0.4, 0.5) is 0 Å². The number of piperidine rings is 1. The van der Waals surface area contributed by atoms with Crippen molar-refractivity contribution in [3.8, 4) is 0 Å². The average Bonchev–Trinajstić information content (AvgIpc) is 2.95. The molecule has 1 saturated heterocycles. The van der Waals surface area contributed by atoms with E-state index in [1.807, 2.05) is 6.07 Å². The van der Waals surface area contributed by atoms with Crippen LogP contribution in [0.1, 0.15) is 30.6 Å². The number of likely N-dealkylation sites (tertiary alicyclic amines) is 1. The second-order valence-electron chi connectivity index (χ2n) is 5.08. The van der Waals surface area contributed by atoms with Crippen molar-refractivity contribution in [3.63, 3.8) is 0 Å². The molecular weight excluding hydrogens is 222 g/mol. The average molecular weight is 241 g/mol. The number of hydrogen-bond acceptors (Lipinski definition) is 2. The fourth-order valence-corrected chi connectivity index (χ4v) is 3.16. The Hall–Kier alpha value is -1.54. The largest absolute Gasteiger partial charge is 0.467 e. The Kier molecular flexibility index (Phi) is 2.96. The molecule has 1 fully saturated rings. The molecule has 1 aliphatic rings. The maximum atomic E-state index is 5.76. The summed E-state index contributed by atoms with van der Waals surface area (Å²) >= 11 is 0. The first kappa shape index (κ1) is 11.5. The number of benzene rings is 1. The van der Waals surface area contributed by atoms with Crippen LogP contribution in [-0.4, -0.2) is 18.5 Å². The van der Waals surface area contributed by atoms with Crippen LogP contribution in [-0.2, 0) is 5.54 Å². The second-order valence-corrected chi connectivity index (χ2v) is 5.08. The van der Waals surface area contributed by atoms with Gasteiger partial charge in [0.15, 0.2) is 0 Å². The van der Waals surface area contributed by atoms with Gasteiger partial charge in [-0.1, -0.05) is 30.3 Å². The molecule has 2 nitrogen and oxygen atoms in total. The van der Waals surface area contributed by atoms with Crippen LogP contribution >= 0.6 is 0 Å². The molecule has 18 heavy (non-hydrogen) atoms. The van der Waals surface area contributed by atoms with Crippen molar-refractivity contribution in [3.05, 3.63) is 60.1 Å². The Labute approximate surface area is 108 Å². The molecule has 1 unspecified atom stereocenters. The lowest BCUT2D eigenvalue weighted by atomic mass is 9.79. The third kappa shape index (κ3) is 1.68. The Bertz CT molecular complexity index is 491. The van der Waals surface area contributed by atoms with E-state index >= 15 is 0 Å². The zero-order chi connectivity index (χ0) is 12.4. The van der Waals surface area contributed by atoms with Gasteiger partial charge in [-0.3, -0.25) is 4.90 Å². The van der Waals surface area contributed by atoms with Crippen LogP contribution in [0.25, 0.3) is 0 Å². The lowest BCUT2D eigenvalue weighted by Gasteiger charge is -2.44. The highest BCUT2D eigenvalue weighted by atomic mass is 16.3. The van der Waals surface area contributed by atoms with E-state index in [9.17, 15) is 0 Å². The molecule has 3 rings (SSSR count). The number of hydrogen-bond donors (Lipinski definition) is 0. The SMILES string of the molecule is CN1CCCCC1(c1ccccc1)c1ccco1. The third-order valence-corrected chi connectivity index (χ3v) is 4.11. The highest BCUT2D eigenvalue weighted by molar-refractivity contribution is 5.34. The first-order chi connectivity index (χ1) is 8.84. The number of rotatable bonds is 2. The molecular formula is C16H19NO. The first-order valence-electron chi connectivity index (χ1n) is 6.65. The summed E-state index contributed by atoms with van der Waals surface area (Å²) in [6.45, 7) is 1.12. The van der Waals surface area contributed by atoms with Crippen LogP contribution in [0.2, 0.25) is 0 Å². The lowest BCUT2D eigenvalue weighted by molar-refractivity contribution is 0.0867. The Morgan fingerprint density at radius 3 is 2.56 bits per heavy atom. The summed E-state index contributed by atoms with van der Waals surface area (Å²) in [4.78, 5) is 2.44. The standard InChI is InChI=1S/C16H19NO/c1-17-12-6-5-11-16(17,15-10-7-13-18-15)14-8-3-2-4-9-14/h2-4,7-10,13H,5-6,11-12H2,1H3. The Morgan fingerprint density at radius 2 is 1.89 bits per heavy atom. The van der Waals surface area contributed by atoms with Gasteiger partial charge in [0.25, 0.3) is 0 Å². The van der Waals surface area contributed by atoms with Crippen molar-refractivity contribution < 1.29 is 4.42 Å². The maximum Gasteiger partial charge on any atom is 0.128 e. The molecule has 0 N–H and O–H groups in total. The maximum absolute atomic E-state index is 5.76. The summed E-state index contributed by atoms with van der Waals surface area (Å²) < 4.78 is 5.76. The fourth-order valence-electron chi connectivity index (χ4n) is 3.16. The van der Waals surface area contributed by atoms with Crippen molar-refractivity contribution in [1.29, 1.82) is 0 Å². The third-order valence-electron chi connectivity index (χ3n) is 4.11. The van der Waals surface area contributed by atoms with Gasteiger partial charge in [-0.25, -0.2) is 0 Å². The molecule has 0 saturated carbocycles. The van der Waals surface area contributed by atoms with Gasteiger partial charge in [-0.15, -0.1) is 0 Å². The van der Waals surface area contributed by atoms with Gasteiger partial charge in [0.2, 0.25) is 0 Å². The molecule has 0 bridgehead atoms. The molecule has 0 radical (unpaired) electrons. The first-order valence-corrected chi connectivity index (χ1v) is 6.65. The minimum atomic E-state index is -0.0803. The molecule has 1 aromatic carbocycles. The van der Waals surface area contributed by atoms with Crippen LogP contribution in [0, 0.1) is 0 Å². The topological polar surface area (TPSA) is 16.4 Å². The molecule has 1 atom stereocenters. The van der Waals surface area contributed by atoms with Gasteiger partial charge < -0.3 is 4.42 Å². The molecule has 0 aliphatic carbocycles. The quantitative estimate of drug-likeness (QED) is 0.798. The van der Waals surface area contributed by atoms with E-state index in [1.54, 1.807) is 6.26 Å². The highest BCUT2D eigenvalue weighted by Gasteiger charge is 2.42. The van der Waals surface area contributed by atoms with Crippen LogP contribution in [0.5, 0.6) is 0 Å².